The number of methoxy groups -OCH3 is 1. The molecule has 2 N–H and O–H groups in total. The molecule has 3 aromatic rings. The van der Waals surface area contributed by atoms with Gasteiger partial charge in [0.1, 0.15) is 5.75 Å². The van der Waals surface area contributed by atoms with Crippen molar-refractivity contribution in [3.05, 3.63) is 88.9 Å². The molecule has 9 heteroatoms. The van der Waals surface area contributed by atoms with Crippen molar-refractivity contribution in [2.24, 2.45) is 0 Å². The van der Waals surface area contributed by atoms with Crippen molar-refractivity contribution in [2.75, 3.05) is 32.5 Å². The van der Waals surface area contributed by atoms with Crippen molar-refractivity contribution >= 4 is 33.2 Å². The lowest BCUT2D eigenvalue weighted by molar-refractivity contribution is 0.0941. The van der Waals surface area contributed by atoms with Crippen molar-refractivity contribution in [3.8, 4) is 5.75 Å². The van der Waals surface area contributed by atoms with Crippen LogP contribution in [-0.4, -0.2) is 47.0 Å². The van der Waals surface area contributed by atoms with Crippen molar-refractivity contribution in [1.29, 1.82) is 0 Å². The van der Waals surface area contributed by atoms with E-state index in [1.54, 1.807) is 37.4 Å². The third kappa shape index (κ3) is 6.25. The predicted octanol–water partition coefficient (Wildman–Crippen LogP) is 4.18. The Morgan fingerprint density at radius 3 is 2.45 bits per heavy atom. The molecule has 0 spiro atoms. The molecule has 0 aliphatic carbocycles. The molecule has 7 nitrogen and oxygen atoms in total. The first-order valence-electron chi connectivity index (χ1n) is 10.2. The molecule has 174 valence electrons. The van der Waals surface area contributed by atoms with Gasteiger partial charge in [0.2, 0.25) is 0 Å². The van der Waals surface area contributed by atoms with E-state index >= 15 is 0 Å². The highest BCUT2D eigenvalue weighted by molar-refractivity contribution is 7.92. The Morgan fingerprint density at radius 2 is 1.76 bits per heavy atom. The summed E-state index contributed by atoms with van der Waals surface area (Å²) in [6.07, 6.45) is 0. The molecule has 0 aliphatic rings. The van der Waals surface area contributed by atoms with E-state index in [0.717, 1.165) is 11.3 Å². The van der Waals surface area contributed by atoms with E-state index in [2.05, 4.69) is 10.0 Å². The van der Waals surface area contributed by atoms with Gasteiger partial charge < -0.3 is 15.0 Å². The number of para-hydroxylation sites is 1. The second-order valence-electron chi connectivity index (χ2n) is 7.58. The van der Waals surface area contributed by atoms with E-state index in [0.29, 0.717) is 6.54 Å². The van der Waals surface area contributed by atoms with Crippen LogP contribution in [0, 0.1) is 0 Å². The standard InChI is InChI=1S/C24H26ClN3O4S/c1-28(2)23(17-8-6-10-19(14-17)32-3)16-26-24(29)18-9-7-11-20(15-18)33(30,31)27-22-13-5-4-12-21(22)25/h4-15,23,27H,16H2,1-3H3,(H,26,29). The Kier molecular flexibility index (Phi) is 7.97. The maximum atomic E-state index is 12.8. The lowest BCUT2D eigenvalue weighted by Gasteiger charge is -2.25. The number of hydrogen-bond acceptors (Lipinski definition) is 5. The summed E-state index contributed by atoms with van der Waals surface area (Å²) in [5, 5.41) is 3.18. The number of rotatable bonds is 9. The highest BCUT2D eigenvalue weighted by Crippen LogP contribution is 2.25. The van der Waals surface area contributed by atoms with Crippen LogP contribution in [-0.2, 0) is 10.0 Å². The first-order valence-corrected chi connectivity index (χ1v) is 12.0. The number of anilines is 1. The molecule has 33 heavy (non-hydrogen) atoms. The molecule has 1 unspecified atom stereocenters. The maximum Gasteiger partial charge on any atom is 0.261 e. The van der Waals surface area contributed by atoms with Gasteiger partial charge in [-0.25, -0.2) is 8.42 Å². The molecule has 3 aromatic carbocycles. The highest BCUT2D eigenvalue weighted by Gasteiger charge is 2.20. The molecule has 0 saturated heterocycles. The normalized spacial score (nSPS) is 12.3. The first kappa shape index (κ1) is 24.6. The molecule has 0 aliphatic heterocycles. The summed E-state index contributed by atoms with van der Waals surface area (Å²) < 4.78 is 33.4. The molecule has 0 radical (unpaired) electrons. The van der Waals surface area contributed by atoms with Crippen LogP contribution in [0.1, 0.15) is 22.0 Å². The average molecular weight is 488 g/mol. The Hall–Kier alpha value is -3.07. The van der Waals surface area contributed by atoms with Gasteiger partial charge in [0.15, 0.2) is 0 Å². The van der Waals surface area contributed by atoms with E-state index in [4.69, 9.17) is 16.3 Å². The number of hydrogen-bond donors (Lipinski definition) is 2. The quantitative estimate of drug-likeness (QED) is 0.472. The number of nitrogens with one attached hydrogen (secondary N) is 2. The number of benzene rings is 3. The zero-order valence-corrected chi connectivity index (χ0v) is 20.2. The molecule has 3 rings (SSSR count). The van der Waals surface area contributed by atoms with Crippen molar-refractivity contribution < 1.29 is 17.9 Å². The minimum Gasteiger partial charge on any atom is -0.497 e. The molecule has 1 atom stereocenters. The van der Waals surface area contributed by atoms with Crippen molar-refractivity contribution in [2.45, 2.75) is 10.9 Å². The van der Waals surface area contributed by atoms with Crippen LogP contribution in [0.2, 0.25) is 5.02 Å². The van der Waals surface area contributed by atoms with E-state index in [1.165, 1.54) is 18.2 Å². The van der Waals surface area contributed by atoms with Gasteiger partial charge in [0.05, 0.1) is 28.8 Å². The highest BCUT2D eigenvalue weighted by atomic mass is 35.5. The van der Waals surface area contributed by atoms with Crippen LogP contribution >= 0.6 is 11.6 Å². The number of halogens is 1. The Labute approximate surface area is 199 Å². The van der Waals surface area contributed by atoms with Crippen LogP contribution in [0.15, 0.2) is 77.7 Å². The van der Waals surface area contributed by atoms with Gasteiger partial charge >= 0.3 is 0 Å². The van der Waals surface area contributed by atoms with E-state index in [-0.39, 0.29) is 33.1 Å². The number of amides is 1. The Morgan fingerprint density at radius 1 is 1.03 bits per heavy atom. The molecule has 0 saturated carbocycles. The zero-order valence-electron chi connectivity index (χ0n) is 18.6. The second-order valence-corrected chi connectivity index (χ2v) is 9.67. The fourth-order valence-corrected chi connectivity index (χ4v) is 4.66. The SMILES string of the molecule is COc1cccc(C(CNC(=O)c2cccc(S(=O)(=O)Nc3ccccc3Cl)c2)N(C)C)c1. The number of ether oxygens (including phenoxy) is 1. The second kappa shape index (κ2) is 10.7. The molecule has 0 aromatic heterocycles. The first-order chi connectivity index (χ1) is 15.7. The summed E-state index contributed by atoms with van der Waals surface area (Å²) in [6, 6.07) is 19.9. The van der Waals surface area contributed by atoms with Crippen LogP contribution in [0.3, 0.4) is 0 Å². The van der Waals surface area contributed by atoms with Gasteiger partial charge in [-0.15, -0.1) is 0 Å². The van der Waals surface area contributed by atoms with Crippen molar-refractivity contribution in [3.63, 3.8) is 0 Å². The summed E-state index contributed by atoms with van der Waals surface area (Å²) in [6.45, 7) is 0.327. The number of carbonyl (C=O) groups excluding carboxylic acids is 1. The minimum absolute atomic E-state index is 0.0352. The van der Waals surface area contributed by atoms with Crippen LogP contribution < -0.4 is 14.8 Å². The summed E-state index contributed by atoms with van der Waals surface area (Å²) in [5.41, 5.74) is 1.49. The molecular formula is C24H26ClN3O4S. The lowest BCUT2D eigenvalue weighted by Crippen LogP contribution is -2.34. The predicted molar refractivity (Wildman–Crippen MR) is 130 cm³/mol. The third-order valence-electron chi connectivity index (χ3n) is 5.08. The molecule has 1 amide bonds. The fourth-order valence-electron chi connectivity index (χ4n) is 3.29. The third-order valence-corrected chi connectivity index (χ3v) is 6.78. The van der Waals surface area contributed by atoms with Gasteiger partial charge in [-0.1, -0.05) is 41.9 Å². The van der Waals surface area contributed by atoms with Crippen LogP contribution in [0.5, 0.6) is 5.75 Å². The summed E-state index contributed by atoms with van der Waals surface area (Å²) in [4.78, 5) is 14.8. The summed E-state index contributed by atoms with van der Waals surface area (Å²) in [7, 11) is 1.52. The minimum atomic E-state index is -3.92. The Balaban J connectivity index is 1.75. The average Bonchev–Trinajstić information content (AvgIpc) is 2.80. The van der Waals surface area contributed by atoms with E-state index < -0.39 is 10.0 Å². The molecule has 0 heterocycles. The van der Waals surface area contributed by atoms with Crippen molar-refractivity contribution in [1.82, 2.24) is 10.2 Å². The van der Waals surface area contributed by atoms with Gasteiger partial charge in [-0.3, -0.25) is 9.52 Å². The summed E-state index contributed by atoms with van der Waals surface area (Å²) >= 11 is 6.06. The van der Waals surface area contributed by atoms with Crippen LogP contribution in [0.25, 0.3) is 0 Å². The number of nitrogens with zero attached hydrogens (tertiary/aromatic N) is 1. The molecular weight excluding hydrogens is 462 g/mol. The lowest BCUT2D eigenvalue weighted by atomic mass is 10.1. The van der Waals surface area contributed by atoms with Gasteiger partial charge in [0.25, 0.3) is 15.9 Å². The maximum absolute atomic E-state index is 12.8. The fraction of sp³-hybridized carbons (Fsp3) is 0.208. The van der Waals surface area contributed by atoms with Crippen LogP contribution in [0.4, 0.5) is 5.69 Å². The van der Waals surface area contributed by atoms with Gasteiger partial charge in [0, 0.05) is 12.1 Å². The largest absolute Gasteiger partial charge is 0.497 e. The Bertz CT molecular complexity index is 1230. The van der Waals surface area contributed by atoms with Gasteiger partial charge in [-0.05, 0) is 62.1 Å². The summed E-state index contributed by atoms with van der Waals surface area (Å²) in [5.74, 6) is 0.356. The number of likely N-dealkylation sites (N-methyl/N-ethyl adjacent to an activating group) is 1. The zero-order chi connectivity index (χ0) is 24.0. The van der Waals surface area contributed by atoms with E-state index in [9.17, 15) is 13.2 Å². The molecule has 0 bridgehead atoms. The smallest absolute Gasteiger partial charge is 0.261 e. The van der Waals surface area contributed by atoms with E-state index in [1.807, 2.05) is 43.3 Å². The number of carbonyl (C=O) groups is 1. The monoisotopic (exact) mass is 487 g/mol. The molecule has 0 fully saturated rings. The number of sulfonamides is 1. The topological polar surface area (TPSA) is 87.7 Å². The van der Waals surface area contributed by atoms with Gasteiger partial charge in [-0.2, -0.15) is 0 Å².